The van der Waals surface area contributed by atoms with Gasteiger partial charge in [-0.3, -0.25) is 4.79 Å². The lowest BCUT2D eigenvalue weighted by molar-refractivity contribution is 0.0722. The second-order valence-electron chi connectivity index (χ2n) is 6.87. The monoisotopic (exact) mass is 364 g/mol. The smallest absolute Gasteiger partial charge is 0.257 e. The van der Waals surface area contributed by atoms with E-state index in [4.69, 9.17) is 4.42 Å². The van der Waals surface area contributed by atoms with E-state index in [9.17, 15) is 9.18 Å². The summed E-state index contributed by atoms with van der Waals surface area (Å²) in [6, 6.07) is 14.9. The second kappa shape index (κ2) is 7.35. The summed E-state index contributed by atoms with van der Waals surface area (Å²) >= 11 is 0. The molecule has 0 bridgehead atoms. The van der Waals surface area contributed by atoms with E-state index in [1.165, 1.54) is 11.6 Å². The molecule has 5 heteroatoms. The van der Waals surface area contributed by atoms with E-state index in [0.29, 0.717) is 31.0 Å². The molecule has 0 saturated heterocycles. The second-order valence-corrected chi connectivity index (χ2v) is 6.87. The van der Waals surface area contributed by atoms with Gasteiger partial charge in [0.15, 0.2) is 5.89 Å². The zero-order valence-electron chi connectivity index (χ0n) is 15.2. The van der Waals surface area contributed by atoms with Gasteiger partial charge in [0.25, 0.3) is 5.91 Å². The summed E-state index contributed by atoms with van der Waals surface area (Å²) in [5.41, 5.74) is 2.82. The SMILES string of the molecule is Cc1cccc(F)c1C(=O)N1CCc2oc(CCc3ccccc3)nc2C1. The molecule has 1 aliphatic heterocycles. The first-order valence-electron chi connectivity index (χ1n) is 9.17. The van der Waals surface area contributed by atoms with Gasteiger partial charge >= 0.3 is 0 Å². The van der Waals surface area contributed by atoms with E-state index in [2.05, 4.69) is 17.1 Å². The summed E-state index contributed by atoms with van der Waals surface area (Å²) < 4.78 is 20.0. The number of hydrogen-bond donors (Lipinski definition) is 0. The maximum absolute atomic E-state index is 14.1. The third kappa shape index (κ3) is 3.63. The van der Waals surface area contributed by atoms with Crippen molar-refractivity contribution in [3.63, 3.8) is 0 Å². The van der Waals surface area contributed by atoms with Crippen LogP contribution in [-0.2, 0) is 25.8 Å². The van der Waals surface area contributed by atoms with Gasteiger partial charge in [0.05, 0.1) is 12.1 Å². The van der Waals surface area contributed by atoms with Crippen LogP contribution in [0.25, 0.3) is 0 Å². The minimum absolute atomic E-state index is 0.147. The van der Waals surface area contributed by atoms with Gasteiger partial charge in [-0.15, -0.1) is 0 Å². The van der Waals surface area contributed by atoms with E-state index >= 15 is 0 Å². The van der Waals surface area contributed by atoms with Crippen molar-refractivity contribution in [3.05, 3.63) is 88.4 Å². The van der Waals surface area contributed by atoms with Crippen molar-refractivity contribution in [1.29, 1.82) is 0 Å². The van der Waals surface area contributed by atoms with Crippen LogP contribution in [-0.4, -0.2) is 22.3 Å². The van der Waals surface area contributed by atoms with Crippen molar-refractivity contribution >= 4 is 5.91 Å². The van der Waals surface area contributed by atoms with Crippen LogP contribution in [0.1, 0.15) is 38.8 Å². The normalized spacial score (nSPS) is 13.5. The summed E-state index contributed by atoms with van der Waals surface area (Å²) in [5.74, 6) is 0.771. The molecule has 1 aliphatic rings. The van der Waals surface area contributed by atoms with E-state index < -0.39 is 5.82 Å². The molecule has 0 atom stereocenters. The Morgan fingerprint density at radius 3 is 2.74 bits per heavy atom. The van der Waals surface area contributed by atoms with Crippen molar-refractivity contribution in [2.45, 2.75) is 32.7 Å². The summed E-state index contributed by atoms with van der Waals surface area (Å²) in [6.07, 6.45) is 2.18. The third-order valence-corrected chi connectivity index (χ3v) is 4.97. The zero-order chi connectivity index (χ0) is 18.8. The molecule has 0 fully saturated rings. The highest BCUT2D eigenvalue weighted by molar-refractivity contribution is 5.96. The number of nitrogens with zero attached hydrogens (tertiary/aromatic N) is 2. The Morgan fingerprint density at radius 2 is 1.96 bits per heavy atom. The molecular formula is C22H21FN2O2. The Morgan fingerprint density at radius 1 is 1.15 bits per heavy atom. The third-order valence-electron chi connectivity index (χ3n) is 4.97. The van der Waals surface area contributed by atoms with Gasteiger partial charge in [0.2, 0.25) is 0 Å². The largest absolute Gasteiger partial charge is 0.445 e. The molecule has 3 aromatic rings. The molecule has 2 heterocycles. The molecule has 0 saturated carbocycles. The molecule has 4 nitrogen and oxygen atoms in total. The number of aromatic nitrogens is 1. The number of aryl methyl sites for hydroxylation is 3. The maximum atomic E-state index is 14.1. The fourth-order valence-electron chi connectivity index (χ4n) is 3.49. The molecule has 27 heavy (non-hydrogen) atoms. The Kier molecular flexibility index (Phi) is 4.75. The Hall–Kier alpha value is -2.95. The number of oxazole rings is 1. The number of amides is 1. The topological polar surface area (TPSA) is 46.3 Å². The van der Waals surface area contributed by atoms with Crippen molar-refractivity contribution in [2.24, 2.45) is 0 Å². The number of halogens is 1. The average molecular weight is 364 g/mol. The lowest BCUT2D eigenvalue weighted by Crippen LogP contribution is -2.36. The van der Waals surface area contributed by atoms with Gasteiger partial charge in [-0.25, -0.2) is 9.37 Å². The van der Waals surface area contributed by atoms with Crippen LogP contribution in [0.3, 0.4) is 0 Å². The van der Waals surface area contributed by atoms with Crippen LogP contribution in [0.15, 0.2) is 52.9 Å². The summed E-state index contributed by atoms with van der Waals surface area (Å²) in [6.45, 7) is 2.62. The van der Waals surface area contributed by atoms with E-state index in [0.717, 1.165) is 24.3 Å². The molecule has 4 rings (SSSR count). The fraction of sp³-hybridized carbons (Fsp3) is 0.273. The van der Waals surface area contributed by atoms with Gasteiger partial charge in [0, 0.05) is 19.4 Å². The molecule has 0 radical (unpaired) electrons. The minimum Gasteiger partial charge on any atom is -0.445 e. The number of carbonyl (C=O) groups excluding carboxylic acids is 1. The Labute approximate surface area is 157 Å². The van der Waals surface area contributed by atoms with Crippen molar-refractivity contribution in [2.75, 3.05) is 6.54 Å². The number of fused-ring (bicyclic) bond motifs is 1. The molecular weight excluding hydrogens is 343 g/mol. The first-order chi connectivity index (χ1) is 13.1. The van der Waals surface area contributed by atoms with Crippen LogP contribution >= 0.6 is 0 Å². The standard InChI is InChI=1S/C22H21FN2O2/c1-15-6-5-9-17(23)21(15)22(26)25-13-12-19-18(14-25)24-20(27-19)11-10-16-7-3-2-4-8-16/h2-9H,10-14H2,1H3. The van der Waals surface area contributed by atoms with Gasteiger partial charge in [-0.05, 0) is 30.5 Å². The highest BCUT2D eigenvalue weighted by Crippen LogP contribution is 2.24. The van der Waals surface area contributed by atoms with E-state index in [1.807, 2.05) is 18.2 Å². The molecule has 2 aromatic carbocycles. The Bertz CT molecular complexity index is 945. The number of rotatable bonds is 4. The lowest BCUT2D eigenvalue weighted by Gasteiger charge is -2.26. The average Bonchev–Trinajstić information content (AvgIpc) is 3.09. The zero-order valence-corrected chi connectivity index (χ0v) is 15.2. The number of benzene rings is 2. The summed E-state index contributed by atoms with van der Waals surface area (Å²) in [4.78, 5) is 19.0. The highest BCUT2D eigenvalue weighted by atomic mass is 19.1. The Balaban J connectivity index is 1.47. The van der Waals surface area contributed by atoms with Gasteiger partial charge in [0.1, 0.15) is 17.3 Å². The molecule has 1 aromatic heterocycles. The van der Waals surface area contributed by atoms with Gasteiger partial charge in [-0.1, -0.05) is 42.5 Å². The van der Waals surface area contributed by atoms with Crippen LogP contribution in [0.2, 0.25) is 0 Å². The van der Waals surface area contributed by atoms with Gasteiger partial charge < -0.3 is 9.32 Å². The maximum Gasteiger partial charge on any atom is 0.257 e. The minimum atomic E-state index is -0.477. The highest BCUT2D eigenvalue weighted by Gasteiger charge is 2.28. The summed E-state index contributed by atoms with van der Waals surface area (Å²) in [7, 11) is 0. The van der Waals surface area contributed by atoms with Crippen LogP contribution < -0.4 is 0 Å². The molecule has 0 spiro atoms. The molecule has 138 valence electrons. The molecule has 1 amide bonds. The quantitative estimate of drug-likeness (QED) is 0.700. The fourth-order valence-corrected chi connectivity index (χ4v) is 3.49. The number of carbonyl (C=O) groups is 1. The van der Waals surface area contributed by atoms with Crippen LogP contribution in [0.5, 0.6) is 0 Å². The van der Waals surface area contributed by atoms with Crippen molar-refractivity contribution in [3.8, 4) is 0 Å². The lowest BCUT2D eigenvalue weighted by atomic mass is 10.1. The van der Waals surface area contributed by atoms with Gasteiger partial charge in [-0.2, -0.15) is 0 Å². The predicted octanol–water partition coefficient (Wildman–Crippen LogP) is 4.11. The molecule has 0 unspecified atom stereocenters. The molecule has 0 aliphatic carbocycles. The van der Waals surface area contributed by atoms with Crippen LogP contribution in [0, 0.1) is 12.7 Å². The van der Waals surface area contributed by atoms with E-state index in [1.54, 1.807) is 24.0 Å². The first-order valence-corrected chi connectivity index (χ1v) is 9.17. The first kappa shape index (κ1) is 17.5. The predicted molar refractivity (Wildman–Crippen MR) is 99.9 cm³/mol. The van der Waals surface area contributed by atoms with E-state index in [-0.39, 0.29) is 11.5 Å². The van der Waals surface area contributed by atoms with Crippen molar-refractivity contribution < 1.29 is 13.6 Å². The number of hydrogen-bond acceptors (Lipinski definition) is 3. The summed E-state index contributed by atoms with van der Waals surface area (Å²) in [5, 5.41) is 0. The molecule has 0 N–H and O–H groups in total. The van der Waals surface area contributed by atoms with Crippen LogP contribution in [0.4, 0.5) is 4.39 Å². The van der Waals surface area contributed by atoms with Crippen molar-refractivity contribution in [1.82, 2.24) is 9.88 Å².